The van der Waals surface area contributed by atoms with Crippen molar-refractivity contribution in [1.29, 1.82) is 0 Å². The highest BCUT2D eigenvalue weighted by Crippen LogP contribution is 2.09. The molecule has 0 saturated carbocycles. The SMILES string of the molecule is COC(O)C(=O)c1ccccc1F. The highest BCUT2D eigenvalue weighted by molar-refractivity contribution is 5.98. The lowest BCUT2D eigenvalue weighted by Gasteiger charge is -2.07. The molecule has 1 aromatic rings. The van der Waals surface area contributed by atoms with Gasteiger partial charge in [-0.15, -0.1) is 0 Å². The van der Waals surface area contributed by atoms with Crippen LogP contribution in [0.5, 0.6) is 0 Å². The zero-order chi connectivity index (χ0) is 9.84. The number of carbonyl (C=O) groups excluding carboxylic acids is 1. The number of halogens is 1. The van der Waals surface area contributed by atoms with E-state index in [2.05, 4.69) is 4.74 Å². The van der Waals surface area contributed by atoms with Crippen molar-refractivity contribution in [2.45, 2.75) is 6.29 Å². The molecule has 1 rings (SSSR count). The number of rotatable bonds is 3. The summed E-state index contributed by atoms with van der Waals surface area (Å²) < 4.78 is 17.3. The molecule has 0 amide bonds. The van der Waals surface area contributed by atoms with Gasteiger partial charge in [0.1, 0.15) is 5.82 Å². The Morgan fingerprint density at radius 1 is 1.54 bits per heavy atom. The molecule has 70 valence electrons. The fraction of sp³-hybridized carbons (Fsp3) is 0.222. The van der Waals surface area contributed by atoms with Crippen LogP contribution in [0.15, 0.2) is 24.3 Å². The van der Waals surface area contributed by atoms with Crippen LogP contribution in [0, 0.1) is 5.82 Å². The smallest absolute Gasteiger partial charge is 0.221 e. The van der Waals surface area contributed by atoms with Gasteiger partial charge in [-0.1, -0.05) is 12.1 Å². The van der Waals surface area contributed by atoms with E-state index in [4.69, 9.17) is 5.11 Å². The Hall–Kier alpha value is -1.26. The van der Waals surface area contributed by atoms with Gasteiger partial charge < -0.3 is 9.84 Å². The van der Waals surface area contributed by atoms with Crippen LogP contribution in [0.25, 0.3) is 0 Å². The summed E-state index contributed by atoms with van der Waals surface area (Å²) in [5.74, 6) is -1.44. The Morgan fingerprint density at radius 3 is 2.69 bits per heavy atom. The molecule has 0 aliphatic rings. The normalized spacial score (nSPS) is 12.5. The van der Waals surface area contributed by atoms with Gasteiger partial charge in [0.15, 0.2) is 0 Å². The van der Waals surface area contributed by atoms with Gasteiger partial charge in [0.25, 0.3) is 0 Å². The summed E-state index contributed by atoms with van der Waals surface area (Å²) in [4.78, 5) is 11.2. The summed E-state index contributed by atoms with van der Waals surface area (Å²) in [5.41, 5.74) is -0.170. The summed E-state index contributed by atoms with van der Waals surface area (Å²) in [6, 6.07) is 5.42. The molecular weight excluding hydrogens is 175 g/mol. The van der Waals surface area contributed by atoms with Crippen LogP contribution in [0.4, 0.5) is 4.39 Å². The van der Waals surface area contributed by atoms with E-state index in [1.165, 1.54) is 25.3 Å². The number of aliphatic hydroxyl groups excluding tert-OH is 1. The molecule has 4 heteroatoms. The second-order valence-corrected chi connectivity index (χ2v) is 2.43. The van der Waals surface area contributed by atoms with Gasteiger partial charge in [0.05, 0.1) is 5.56 Å². The largest absolute Gasteiger partial charge is 0.362 e. The van der Waals surface area contributed by atoms with E-state index in [9.17, 15) is 9.18 Å². The summed E-state index contributed by atoms with van der Waals surface area (Å²) >= 11 is 0. The second-order valence-electron chi connectivity index (χ2n) is 2.43. The first-order valence-corrected chi connectivity index (χ1v) is 3.66. The Bertz CT molecular complexity index is 311. The number of aliphatic hydroxyl groups is 1. The van der Waals surface area contributed by atoms with E-state index in [-0.39, 0.29) is 5.56 Å². The van der Waals surface area contributed by atoms with Gasteiger partial charge in [-0.3, -0.25) is 4.79 Å². The molecule has 1 atom stereocenters. The molecule has 1 N–H and O–H groups in total. The lowest BCUT2D eigenvalue weighted by atomic mass is 10.1. The van der Waals surface area contributed by atoms with Crippen LogP contribution in [-0.2, 0) is 4.74 Å². The highest BCUT2D eigenvalue weighted by atomic mass is 19.1. The maximum Gasteiger partial charge on any atom is 0.221 e. The maximum atomic E-state index is 12.9. The summed E-state index contributed by atoms with van der Waals surface area (Å²) in [7, 11) is 1.17. The maximum absolute atomic E-state index is 12.9. The highest BCUT2D eigenvalue weighted by Gasteiger charge is 2.18. The Kier molecular flexibility index (Phi) is 3.11. The van der Waals surface area contributed by atoms with Crippen molar-refractivity contribution in [3.63, 3.8) is 0 Å². The van der Waals surface area contributed by atoms with Gasteiger partial charge >= 0.3 is 0 Å². The first-order valence-electron chi connectivity index (χ1n) is 3.66. The van der Waals surface area contributed by atoms with Crippen molar-refractivity contribution in [2.24, 2.45) is 0 Å². The van der Waals surface area contributed by atoms with Crippen molar-refractivity contribution in [2.75, 3.05) is 7.11 Å². The molecule has 0 heterocycles. The molecule has 0 aliphatic carbocycles. The number of Topliss-reactive ketones (excluding diaryl/α,β-unsaturated/α-hetero) is 1. The number of methoxy groups -OCH3 is 1. The molecule has 0 fully saturated rings. The lowest BCUT2D eigenvalue weighted by Crippen LogP contribution is -2.23. The quantitative estimate of drug-likeness (QED) is 0.562. The van der Waals surface area contributed by atoms with Crippen molar-refractivity contribution in [3.8, 4) is 0 Å². The summed E-state index contributed by atoms with van der Waals surface area (Å²) in [6.07, 6.45) is -1.60. The Balaban J connectivity index is 2.95. The number of carbonyl (C=O) groups is 1. The molecule has 1 unspecified atom stereocenters. The van der Waals surface area contributed by atoms with E-state index in [0.717, 1.165) is 6.07 Å². The fourth-order valence-electron chi connectivity index (χ4n) is 0.901. The molecule has 13 heavy (non-hydrogen) atoms. The van der Waals surface area contributed by atoms with Crippen LogP contribution in [0.1, 0.15) is 10.4 Å². The van der Waals surface area contributed by atoms with Crippen LogP contribution in [-0.4, -0.2) is 24.3 Å². The number of ketones is 1. The van der Waals surface area contributed by atoms with Crippen molar-refractivity contribution < 1.29 is 19.0 Å². The van der Waals surface area contributed by atoms with Gasteiger partial charge in [-0.05, 0) is 12.1 Å². The van der Waals surface area contributed by atoms with Crippen molar-refractivity contribution in [3.05, 3.63) is 35.6 Å². The Morgan fingerprint density at radius 2 is 2.15 bits per heavy atom. The van der Waals surface area contributed by atoms with Crippen LogP contribution < -0.4 is 0 Å². The minimum atomic E-state index is -1.60. The number of benzene rings is 1. The molecule has 0 aromatic heterocycles. The summed E-state index contributed by atoms with van der Waals surface area (Å²) in [5, 5.41) is 8.97. The zero-order valence-corrected chi connectivity index (χ0v) is 7.03. The summed E-state index contributed by atoms with van der Waals surface area (Å²) in [6.45, 7) is 0. The number of hydrogen-bond acceptors (Lipinski definition) is 3. The van der Waals surface area contributed by atoms with E-state index < -0.39 is 17.9 Å². The minimum Gasteiger partial charge on any atom is -0.362 e. The number of hydrogen-bond donors (Lipinski definition) is 1. The lowest BCUT2D eigenvalue weighted by molar-refractivity contribution is -0.0485. The first-order chi connectivity index (χ1) is 6.16. The van der Waals surface area contributed by atoms with Crippen molar-refractivity contribution >= 4 is 5.78 Å². The Labute approximate surface area is 74.8 Å². The molecule has 0 bridgehead atoms. The van der Waals surface area contributed by atoms with Crippen LogP contribution in [0.3, 0.4) is 0 Å². The third kappa shape index (κ3) is 2.11. The predicted octanol–water partition coefficient (Wildman–Crippen LogP) is 0.973. The molecule has 0 aliphatic heterocycles. The zero-order valence-electron chi connectivity index (χ0n) is 7.03. The molecular formula is C9H9FO3. The molecule has 0 radical (unpaired) electrons. The van der Waals surface area contributed by atoms with Gasteiger partial charge in [-0.25, -0.2) is 4.39 Å². The van der Waals surface area contributed by atoms with E-state index in [0.29, 0.717) is 0 Å². The van der Waals surface area contributed by atoms with Crippen LogP contribution >= 0.6 is 0 Å². The van der Waals surface area contributed by atoms with Crippen molar-refractivity contribution in [1.82, 2.24) is 0 Å². The van der Waals surface area contributed by atoms with Gasteiger partial charge in [-0.2, -0.15) is 0 Å². The topological polar surface area (TPSA) is 46.5 Å². The monoisotopic (exact) mass is 184 g/mol. The number of ether oxygens (including phenoxy) is 1. The first kappa shape index (κ1) is 9.83. The van der Waals surface area contributed by atoms with Crippen LogP contribution in [0.2, 0.25) is 0 Å². The second kappa shape index (κ2) is 4.11. The molecule has 0 spiro atoms. The average Bonchev–Trinajstić information content (AvgIpc) is 2.16. The third-order valence-corrected chi connectivity index (χ3v) is 1.59. The molecule has 3 nitrogen and oxygen atoms in total. The molecule has 1 aromatic carbocycles. The average molecular weight is 184 g/mol. The van der Waals surface area contributed by atoms with Gasteiger partial charge in [0, 0.05) is 7.11 Å². The fourth-order valence-corrected chi connectivity index (χ4v) is 0.901. The standard InChI is InChI=1S/C9H9FO3/c1-13-9(12)8(11)6-4-2-3-5-7(6)10/h2-5,9,12H,1H3. The van der Waals surface area contributed by atoms with E-state index >= 15 is 0 Å². The molecule has 0 saturated heterocycles. The predicted molar refractivity (Wildman–Crippen MR) is 43.7 cm³/mol. The van der Waals surface area contributed by atoms with E-state index in [1.54, 1.807) is 0 Å². The van der Waals surface area contributed by atoms with E-state index in [1.807, 2.05) is 0 Å². The third-order valence-electron chi connectivity index (χ3n) is 1.59. The van der Waals surface area contributed by atoms with Gasteiger partial charge in [0.2, 0.25) is 12.1 Å². The minimum absolute atomic E-state index is 0.170.